The van der Waals surface area contributed by atoms with Gasteiger partial charge in [0, 0.05) is 32.2 Å². The maximum atomic E-state index is 12.1. The fourth-order valence-electron chi connectivity index (χ4n) is 2.14. The van der Waals surface area contributed by atoms with Gasteiger partial charge < -0.3 is 5.73 Å². The van der Waals surface area contributed by atoms with E-state index in [1.54, 1.807) is 0 Å². The van der Waals surface area contributed by atoms with Crippen LogP contribution in [-0.4, -0.2) is 61.2 Å². The van der Waals surface area contributed by atoms with Gasteiger partial charge in [-0.1, -0.05) is 0 Å². The van der Waals surface area contributed by atoms with Crippen molar-refractivity contribution in [2.45, 2.75) is 38.3 Å². The van der Waals surface area contributed by atoms with Crippen molar-refractivity contribution < 1.29 is 8.42 Å². The highest BCUT2D eigenvalue weighted by Crippen LogP contribution is 2.22. The fourth-order valence-corrected chi connectivity index (χ4v) is 3.59. The van der Waals surface area contributed by atoms with E-state index in [-0.39, 0.29) is 11.9 Å². The number of nitrogens with two attached hydrogens (primary N) is 1. The van der Waals surface area contributed by atoms with Crippen molar-refractivity contribution in [1.29, 1.82) is 5.41 Å². The largest absolute Gasteiger partial charge is 0.386 e. The molecule has 0 aromatic carbocycles. The minimum Gasteiger partial charge on any atom is -0.386 e. The van der Waals surface area contributed by atoms with E-state index in [9.17, 15) is 8.42 Å². The van der Waals surface area contributed by atoms with Gasteiger partial charge >= 0.3 is 0 Å². The van der Waals surface area contributed by atoms with Crippen molar-refractivity contribution in [3.05, 3.63) is 0 Å². The molecule has 1 heterocycles. The Morgan fingerprint density at radius 2 is 1.79 bits per heavy atom. The molecule has 19 heavy (non-hydrogen) atoms. The Balaban J connectivity index is 1.93. The van der Waals surface area contributed by atoms with Gasteiger partial charge in [0.1, 0.15) is 5.84 Å². The molecule has 1 saturated carbocycles. The average molecular weight is 289 g/mol. The summed E-state index contributed by atoms with van der Waals surface area (Å²) in [6.45, 7) is 5.86. The second-order valence-electron chi connectivity index (χ2n) is 5.76. The maximum absolute atomic E-state index is 12.1. The summed E-state index contributed by atoms with van der Waals surface area (Å²) >= 11 is 0. The first kappa shape index (κ1) is 14.7. The van der Waals surface area contributed by atoms with Crippen LogP contribution < -0.4 is 10.5 Å². The lowest BCUT2D eigenvalue weighted by Gasteiger charge is -2.42. The number of nitrogens with one attached hydrogen (secondary N) is 2. The standard InChI is InChI=1S/C11H23N5O2S/c1-11(2,10(12)13)15-5-7-16(8-6-15)19(17,18)14-9-3-4-9/h9,14H,3-8H2,1-2H3,(H3,12,13). The summed E-state index contributed by atoms with van der Waals surface area (Å²) in [5.74, 6) is 0.111. The summed E-state index contributed by atoms with van der Waals surface area (Å²) in [6.07, 6.45) is 1.88. The van der Waals surface area contributed by atoms with E-state index in [0.29, 0.717) is 26.2 Å². The summed E-state index contributed by atoms with van der Waals surface area (Å²) in [6, 6.07) is 0.136. The molecular weight excluding hydrogens is 266 g/mol. The van der Waals surface area contributed by atoms with Crippen LogP contribution >= 0.6 is 0 Å². The molecule has 0 atom stereocenters. The molecule has 1 aliphatic carbocycles. The lowest BCUT2D eigenvalue weighted by Crippen LogP contribution is -2.61. The van der Waals surface area contributed by atoms with E-state index in [1.807, 2.05) is 13.8 Å². The average Bonchev–Trinajstić information content (AvgIpc) is 3.12. The number of hydrogen-bond acceptors (Lipinski definition) is 4. The Hall–Kier alpha value is -0.700. The molecule has 2 aliphatic rings. The molecule has 7 nitrogen and oxygen atoms in total. The van der Waals surface area contributed by atoms with Gasteiger partial charge in [-0.3, -0.25) is 10.3 Å². The zero-order valence-corrected chi connectivity index (χ0v) is 12.3. The molecule has 0 spiro atoms. The Morgan fingerprint density at radius 1 is 1.26 bits per heavy atom. The second kappa shape index (κ2) is 5.01. The van der Waals surface area contributed by atoms with Crippen LogP contribution in [0.25, 0.3) is 0 Å². The van der Waals surface area contributed by atoms with Gasteiger partial charge in [-0.25, -0.2) is 0 Å². The number of hydrogen-bond donors (Lipinski definition) is 3. The van der Waals surface area contributed by atoms with Crippen LogP contribution in [-0.2, 0) is 10.2 Å². The predicted molar refractivity (Wildman–Crippen MR) is 74.2 cm³/mol. The van der Waals surface area contributed by atoms with Gasteiger partial charge in [-0.05, 0) is 26.7 Å². The van der Waals surface area contributed by atoms with Crippen LogP contribution in [0.4, 0.5) is 0 Å². The normalized spacial score (nSPS) is 23.5. The quantitative estimate of drug-likeness (QED) is 0.461. The van der Waals surface area contributed by atoms with Gasteiger partial charge in [0.2, 0.25) is 0 Å². The van der Waals surface area contributed by atoms with Crippen LogP contribution in [0.1, 0.15) is 26.7 Å². The molecule has 1 aliphatic heterocycles. The van der Waals surface area contributed by atoms with Crippen LogP contribution in [0.2, 0.25) is 0 Å². The zero-order chi connectivity index (χ0) is 14.3. The van der Waals surface area contributed by atoms with Crippen LogP contribution in [0.3, 0.4) is 0 Å². The third kappa shape index (κ3) is 3.25. The highest BCUT2D eigenvalue weighted by Gasteiger charge is 2.37. The number of nitrogens with zero attached hydrogens (tertiary/aromatic N) is 2. The molecule has 0 aromatic heterocycles. The van der Waals surface area contributed by atoms with E-state index in [4.69, 9.17) is 11.1 Å². The molecule has 0 radical (unpaired) electrons. The van der Waals surface area contributed by atoms with Crippen LogP contribution in [0.5, 0.6) is 0 Å². The minimum absolute atomic E-state index is 0.111. The number of piperazine rings is 1. The molecule has 2 rings (SSSR count). The summed E-state index contributed by atoms with van der Waals surface area (Å²) in [5.41, 5.74) is 5.08. The first-order chi connectivity index (χ1) is 8.73. The van der Waals surface area contributed by atoms with Gasteiger partial charge in [0.15, 0.2) is 0 Å². The monoisotopic (exact) mass is 289 g/mol. The lowest BCUT2D eigenvalue weighted by molar-refractivity contribution is 0.121. The highest BCUT2D eigenvalue weighted by molar-refractivity contribution is 7.87. The van der Waals surface area contributed by atoms with Crippen molar-refractivity contribution in [2.24, 2.45) is 5.73 Å². The highest BCUT2D eigenvalue weighted by atomic mass is 32.2. The zero-order valence-electron chi connectivity index (χ0n) is 11.5. The molecule has 0 amide bonds. The summed E-state index contributed by atoms with van der Waals surface area (Å²) in [5, 5.41) is 7.60. The molecule has 110 valence electrons. The topological polar surface area (TPSA) is 103 Å². The van der Waals surface area contributed by atoms with Crippen molar-refractivity contribution in [1.82, 2.24) is 13.9 Å². The van der Waals surface area contributed by atoms with Crippen molar-refractivity contribution >= 4 is 16.0 Å². The van der Waals surface area contributed by atoms with E-state index >= 15 is 0 Å². The SMILES string of the molecule is CC(C)(C(=N)N)N1CCN(S(=O)(=O)NC2CC2)CC1. The molecule has 4 N–H and O–H groups in total. The fraction of sp³-hybridized carbons (Fsp3) is 0.909. The Labute approximate surface area is 114 Å². The first-order valence-corrected chi connectivity index (χ1v) is 8.04. The second-order valence-corrected chi connectivity index (χ2v) is 7.46. The van der Waals surface area contributed by atoms with Crippen molar-refractivity contribution in [2.75, 3.05) is 26.2 Å². The third-order valence-electron chi connectivity index (χ3n) is 3.92. The molecule has 0 aromatic rings. The number of rotatable bonds is 5. The third-order valence-corrected chi connectivity index (χ3v) is 5.60. The smallest absolute Gasteiger partial charge is 0.279 e. The maximum Gasteiger partial charge on any atom is 0.279 e. The summed E-state index contributed by atoms with van der Waals surface area (Å²) in [7, 11) is -3.34. The van der Waals surface area contributed by atoms with Gasteiger partial charge in [0.05, 0.1) is 5.54 Å². The van der Waals surface area contributed by atoms with Crippen molar-refractivity contribution in [3.8, 4) is 0 Å². The molecule has 0 unspecified atom stereocenters. The van der Waals surface area contributed by atoms with E-state index in [1.165, 1.54) is 4.31 Å². The Kier molecular flexibility index (Phi) is 3.87. The lowest BCUT2D eigenvalue weighted by atomic mass is 10.0. The number of amidine groups is 1. The molecule has 1 saturated heterocycles. The minimum atomic E-state index is -3.34. The van der Waals surface area contributed by atoms with Gasteiger partial charge in [-0.15, -0.1) is 0 Å². The van der Waals surface area contributed by atoms with E-state index < -0.39 is 15.7 Å². The van der Waals surface area contributed by atoms with Gasteiger partial charge in [-0.2, -0.15) is 17.4 Å². The molecule has 8 heteroatoms. The molecule has 0 bridgehead atoms. The van der Waals surface area contributed by atoms with E-state index in [0.717, 1.165) is 12.8 Å². The summed E-state index contributed by atoms with van der Waals surface area (Å²) in [4.78, 5) is 2.05. The molecule has 2 fully saturated rings. The predicted octanol–water partition coefficient (Wildman–Crippen LogP) is -0.685. The van der Waals surface area contributed by atoms with Crippen molar-refractivity contribution in [3.63, 3.8) is 0 Å². The first-order valence-electron chi connectivity index (χ1n) is 6.60. The Bertz CT molecular complexity index is 450. The summed E-state index contributed by atoms with van der Waals surface area (Å²) < 4.78 is 28.3. The molecular formula is C11H23N5O2S. The van der Waals surface area contributed by atoms with Crippen LogP contribution in [0.15, 0.2) is 0 Å². The van der Waals surface area contributed by atoms with Crippen LogP contribution in [0, 0.1) is 5.41 Å². The van der Waals surface area contributed by atoms with Gasteiger partial charge in [0.25, 0.3) is 10.2 Å². The van der Waals surface area contributed by atoms with E-state index in [2.05, 4.69) is 9.62 Å². The Morgan fingerprint density at radius 3 is 2.21 bits per heavy atom.